The molecule has 1 aromatic heterocycles. The van der Waals surface area contributed by atoms with Crippen LogP contribution in [0.4, 0.5) is 5.69 Å². The minimum atomic E-state index is -2.47. The minimum absolute atomic E-state index is 0.436. The minimum Gasteiger partial charge on any atom is -0.382 e. The summed E-state index contributed by atoms with van der Waals surface area (Å²) >= 11 is 0. The van der Waals surface area contributed by atoms with Gasteiger partial charge in [-0.15, -0.1) is 0 Å². The summed E-state index contributed by atoms with van der Waals surface area (Å²) in [7, 11) is -2.47. The first-order valence-corrected chi connectivity index (χ1v) is 10.9. The molecule has 1 aromatic carbocycles. The van der Waals surface area contributed by atoms with Crippen LogP contribution in [0.2, 0.25) is 0 Å². The largest absolute Gasteiger partial charge is 0.382 e. The first-order valence-electron chi connectivity index (χ1n) is 9.70. The summed E-state index contributed by atoms with van der Waals surface area (Å²) in [5, 5.41) is 7.10. The zero-order valence-electron chi connectivity index (χ0n) is 15.9. The molecule has 2 fully saturated rings. The Morgan fingerprint density at radius 3 is 2.33 bits per heavy atom. The summed E-state index contributed by atoms with van der Waals surface area (Å²) in [5.74, 6) is 0. The van der Waals surface area contributed by atoms with Gasteiger partial charge in [-0.2, -0.15) is 0 Å². The predicted molar refractivity (Wildman–Crippen MR) is 110 cm³/mol. The zero-order chi connectivity index (χ0) is 19.0. The van der Waals surface area contributed by atoms with E-state index in [9.17, 15) is 8.42 Å². The third kappa shape index (κ3) is 3.73. The molecule has 1 aliphatic carbocycles. The standard InChI is InChI=1S/C21H27N3O2S/c1-14-11-16(12-15(2)23-14)19-13-17(21(7-8-21)27(25)26)3-4-20(19)24-18-5-9-22-10-6-18/h3-4,11-13,18,22,24,27H,5-10H2,1-2H3. The van der Waals surface area contributed by atoms with Crippen LogP contribution in [0.15, 0.2) is 30.3 Å². The number of piperidine rings is 1. The lowest BCUT2D eigenvalue weighted by atomic mass is 9.97. The summed E-state index contributed by atoms with van der Waals surface area (Å²) in [5.41, 5.74) is 6.10. The third-order valence-corrected chi connectivity index (χ3v) is 7.13. The number of rotatable bonds is 5. The summed E-state index contributed by atoms with van der Waals surface area (Å²) in [4.78, 5) is 4.49. The fourth-order valence-electron chi connectivity index (χ4n) is 4.07. The van der Waals surface area contributed by atoms with Gasteiger partial charge in [-0.3, -0.25) is 4.98 Å². The van der Waals surface area contributed by atoms with E-state index in [0.29, 0.717) is 6.04 Å². The summed E-state index contributed by atoms with van der Waals surface area (Å²) in [6.45, 7) is 6.05. The van der Waals surface area contributed by atoms with Gasteiger partial charge in [-0.05, 0) is 88.0 Å². The summed E-state index contributed by atoms with van der Waals surface area (Å²) < 4.78 is 23.0. The Morgan fingerprint density at radius 1 is 1.07 bits per heavy atom. The highest BCUT2D eigenvalue weighted by atomic mass is 32.2. The van der Waals surface area contributed by atoms with E-state index in [0.717, 1.165) is 72.5 Å². The highest BCUT2D eigenvalue weighted by Crippen LogP contribution is 2.50. The van der Waals surface area contributed by atoms with Crippen molar-refractivity contribution in [3.8, 4) is 11.1 Å². The highest BCUT2D eigenvalue weighted by Gasteiger charge is 2.48. The molecule has 0 bridgehead atoms. The molecule has 144 valence electrons. The molecular weight excluding hydrogens is 358 g/mol. The number of anilines is 1. The van der Waals surface area contributed by atoms with Crippen LogP contribution >= 0.6 is 0 Å². The Bertz CT molecular complexity index is 901. The number of benzene rings is 1. The molecule has 1 aliphatic heterocycles. The van der Waals surface area contributed by atoms with Crippen molar-refractivity contribution in [2.75, 3.05) is 18.4 Å². The van der Waals surface area contributed by atoms with Crippen molar-refractivity contribution >= 4 is 16.4 Å². The number of thiol groups is 1. The third-order valence-electron chi connectivity index (χ3n) is 5.72. The second-order valence-electron chi connectivity index (χ2n) is 7.86. The highest BCUT2D eigenvalue weighted by molar-refractivity contribution is 7.74. The first kappa shape index (κ1) is 18.4. The fourth-order valence-corrected chi connectivity index (χ4v) is 4.90. The van der Waals surface area contributed by atoms with Crippen molar-refractivity contribution in [1.29, 1.82) is 0 Å². The van der Waals surface area contributed by atoms with Crippen molar-refractivity contribution in [1.82, 2.24) is 10.3 Å². The van der Waals surface area contributed by atoms with Crippen LogP contribution in [0, 0.1) is 13.8 Å². The number of hydrogen-bond acceptors (Lipinski definition) is 5. The van der Waals surface area contributed by atoms with Gasteiger partial charge in [0.05, 0.1) is 4.75 Å². The summed E-state index contributed by atoms with van der Waals surface area (Å²) in [6, 6.07) is 10.7. The van der Waals surface area contributed by atoms with E-state index in [1.807, 2.05) is 19.9 Å². The smallest absolute Gasteiger partial charge is 0.150 e. The molecule has 0 amide bonds. The van der Waals surface area contributed by atoms with E-state index in [1.54, 1.807) is 0 Å². The van der Waals surface area contributed by atoms with E-state index >= 15 is 0 Å². The van der Waals surface area contributed by atoms with Gasteiger partial charge < -0.3 is 10.6 Å². The van der Waals surface area contributed by atoms with E-state index in [4.69, 9.17) is 0 Å². The lowest BCUT2D eigenvalue weighted by Gasteiger charge is -2.26. The second-order valence-corrected chi connectivity index (χ2v) is 9.23. The average Bonchev–Trinajstić information content (AvgIpc) is 3.44. The fraction of sp³-hybridized carbons (Fsp3) is 0.476. The van der Waals surface area contributed by atoms with E-state index < -0.39 is 15.5 Å². The van der Waals surface area contributed by atoms with Crippen LogP contribution in [-0.2, 0) is 15.5 Å². The molecule has 27 heavy (non-hydrogen) atoms. The van der Waals surface area contributed by atoms with Gasteiger partial charge in [0.2, 0.25) is 0 Å². The number of aromatic nitrogens is 1. The van der Waals surface area contributed by atoms with Crippen molar-refractivity contribution in [2.24, 2.45) is 0 Å². The van der Waals surface area contributed by atoms with Crippen molar-refractivity contribution in [3.63, 3.8) is 0 Å². The molecule has 0 atom stereocenters. The molecule has 1 saturated heterocycles. The van der Waals surface area contributed by atoms with Crippen LogP contribution in [0.25, 0.3) is 11.1 Å². The van der Waals surface area contributed by atoms with E-state index in [1.165, 1.54) is 0 Å². The molecule has 2 aromatic rings. The molecule has 0 spiro atoms. The lowest BCUT2D eigenvalue weighted by molar-refractivity contribution is 0.479. The molecule has 4 rings (SSSR count). The molecule has 5 nitrogen and oxygen atoms in total. The van der Waals surface area contributed by atoms with Gasteiger partial charge in [0.1, 0.15) is 10.7 Å². The first-order chi connectivity index (χ1) is 13.0. The number of nitrogens with one attached hydrogen (secondary N) is 2. The maximum atomic E-state index is 11.8. The van der Waals surface area contributed by atoms with Gasteiger partial charge in [0.25, 0.3) is 0 Å². The maximum absolute atomic E-state index is 11.8. The van der Waals surface area contributed by atoms with Gasteiger partial charge in [0.15, 0.2) is 0 Å². The van der Waals surface area contributed by atoms with Crippen LogP contribution in [0.1, 0.15) is 42.6 Å². The Kier molecular flexibility index (Phi) is 4.95. The van der Waals surface area contributed by atoms with Crippen molar-refractivity contribution < 1.29 is 8.42 Å². The molecule has 1 saturated carbocycles. The van der Waals surface area contributed by atoms with Crippen molar-refractivity contribution in [2.45, 2.75) is 50.3 Å². The molecule has 2 N–H and O–H groups in total. The Morgan fingerprint density at radius 2 is 1.74 bits per heavy atom. The monoisotopic (exact) mass is 385 g/mol. The average molecular weight is 386 g/mol. The molecule has 2 heterocycles. The molecule has 0 unspecified atom stereocenters. The molecule has 6 heteroatoms. The topological polar surface area (TPSA) is 71.1 Å². The van der Waals surface area contributed by atoms with Gasteiger partial charge in [-0.25, -0.2) is 8.42 Å². The number of pyridine rings is 1. The van der Waals surface area contributed by atoms with Crippen LogP contribution in [0.5, 0.6) is 0 Å². The van der Waals surface area contributed by atoms with Crippen LogP contribution < -0.4 is 10.6 Å². The van der Waals surface area contributed by atoms with E-state index in [2.05, 4.69) is 39.9 Å². The van der Waals surface area contributed by atoms with Gasteiger partial charge in [0, 0.05) is 28.7 Å². The zero-order valence-corrected chi connectivity index (χ0v) is 16.8. The molecule has 0 radical (unpaired) electrons. The maximum Gasteiger partial charge on any atom is 0.150 e. The predicted octanol–water partition coefficient (Wildman–Crippen LogP) is 3.13. The molecule has 2 aliphatic rings. The number of aryl methyl sites for hydroxylation is 2. The van der Waals surface area contributed by atoms with Crippen LogP contribution in [-0.4, -0.2) is 32.5 Å². The summed E-state index contributed by atoms with van der Waals surface area (Å²) in [6.07, 6.45) is 3.62. The van der Waals surface area contributed by atoms with E-state index in [-0.39, 0.29) is 0 Å². The normalized spacial score (nSPS) is 19.2. The number of nitrogens with zero attached hydrogens (tertiary/aromatic N) is 1. The Balaban J connectivity index is 1.78. The lowest BCUT2D eigenvalue weighted by Crippen LogP contribution is -2.35. The van der Waals surface area contributed by atoms with Gasteiger partial charge >= 0.3 is 0 Å². The second kappa shape index (κ2) is 7.24. The van der Waals surface area contributed by atoms with Crippen LogP contribution in [0.3, 0.4) is 0 Å². The quantitative estimate of drug-likeness (QED) is 0.690. The van der Waals surface area contributed by atoms with Gasteiger partial charge in [-0.1, -0.05) is 6.07 Å². The Hall–Kier alpha value is -1.92. The SMILES string of the molecule is Cc1cc(-c2cc(C3([SH](=O)=O)CC3)ccc2NC2CCNCC2)cc(C)n1. The molecular formula is C21H27N3O2S. The number of hydrogen-bond donors (Lipinski definition) is 3. The van der Waals surface area contributed by atoms with Crippen molar-refractivity contribution in [3.05, 3.63) is 47.3 Å². The Labute approximate surface area is 162 Å².